The van der Waals surface area contributed by atoms with E-state index in [1.807, 2.05) is 18.2 Å². The van der Waals surface area contributed by atoms with E-state index < -0.39 is 5.54 Å². The number of carbonyl (C=O) groups is 1. The van der Waals surface area contributed by atoms with E-state index in [1.54, 1.807) is 0 Å². The third kappa shape index (κ3) is 2.97. The molecule has 3 N–H and O–H groups in total. The van der Waals surface area contributed by atoms with Gasteiger partial charge in [0.25, 0.3) is 5.91 Å². The molecule has 1 aromatic carbocycles. The summed E-state index contributed by atoms with van der Waals surface area (Å²) in [5.41, 5.74) is 2.74. The number of aliphatic hydroxyl groups excluding tert-OH is 1. The van der Waals surface area contributed by atoms with Gasteiger partial charge in [0.05, 0.1) is 12.1 Å². The van der Waals surface area contributed by atoms with E-state index in [9.17, 15) is 9.90 Å². The number of hydrogen-bond acceptors (Lipinski definition) is 3. The number of aliphatic hydroxyl groups is 1. The molecule has 1 aliphatic heterocycles. The number of fused-ring (bicyclic) bond motifs is 1. The molecule has 4 nitrogen and oxygen atoms in total. The lowest BCUT2D eigenvalue weighted by Gasteiger charge is -2.39. The summed E-state index contributed by atoms with van der Waals surface area (Å²) in [6.07, 6.45) is 3.98. The number of carbonyl (C=O) groups excluding carboxylic acids is 1. The Morgan fingerprint density at radius 1 is 1.43 bits per heavy atom. The van der Waals surface area contributed by atoms with Gasteiger partial charge >= 0.3 is 0 Å². The fraction of sp³-hybridized carbons (Fsp3) is 0.588. The molecule has 1 saturated carbocycles. The highest BCUT2D eigenvalue weighted by Gasteiger charge is 2.36. The van der Waals surface area contributed by atoms with Gasteiger partial charge in [0.15, 0.2) is 0 Å². The Balaban J connectivity index is 1.75. The van der Waals surface area contributed by atoms with Gasteiger partial charge in [-0.2, -0.15) is 0 Å². The van der Waals surface area contributed by atoms with Crippen LogP contribution in [0.3, 0.4) is 0 Å². The molecule has 4 heteroatoms. The number of hydrogen-bond donors (Lipinski definition) is 3. The maximum Gasteiger partial charge on any atom is 0.251 e. The van der Waals surface area contributed by atoms with Crippen molar-refractivity contribution in [3.63, 3.8) is 0 Å². The first-order valence-electron chi connectivity index (χ1n) is 7.88. The van der Waals surface area contributed by atoms with E-state index in [0.29, 0.717) is 11.5 Å². The summed E-state index contributed by atoms with van der Waals surface area (Å²) in [7, 11) is 0. The molecule has 0 saturated heterocycles. The Bertz CT molecular complexity index is 544. The minimum Gasteiger partial charge on any atom is -0.394 e. The van der Waals surface area contributed by atoms with E-state index in [0.717, 1.165) is 32.4 Å². The summed E-state index contributed by atoms with van der Waals surface area (Å²) in [4.78, 5) is 12.5. The summed E-state index contributed by atoms with van der Waals surface area (Å²) in [5, 5.41) is 16.2. The van der Waals surface area contributed by atoms with Crippen molar-refractivity contribution in [2.45, 2.75) is 51.2 Å². The molecular formula is C17H24N2O2. The average molecular weight is 288 g/mol. The lowest BCUT2D eigenvalue weighted by atomic mass is 9.76. The molecule has 2 atom stereocenters. The summed E-state index contributed by atoms with van der Waals surface area (Å²) in [6, 6.07) is 5.89. The summed E-state index contributed by atoms with van der Waals surface area (Å²) < 4.78 is 0. The highest BCUT2D eigenvalue weighted by molar-refractivity contribution is 5.95. The quantitative estimate of drug-likeness (QED) is 0.797. The Labute approximate surface area is 125 Å². The van der Waals surface area contributed by atoms with Gasteiger partial charge < -0.3 is 15.7 Å². The standard InChI is InChI=1S/C17H24N2O2/c1-12-3-2-6-17(8-12,11-20)19-16(21)13-4-5-14-9-18-10-15(14)7-13/h4-5,7,12,18,20H,2-3,6,8-11H2,1H3,(H,19,21). The zero-order chi connectivity index (χ0) is 14.9. The molecule has 2 aliphatic rings. The molecule has 0 aromatic heterocycles. The van der Waals surface area contributed by atoms with Crippen LogP contribution in [0.1, 0.15) is 54.1 Å². The van der Waals surface area contributed by atoms with Crippen LogP contribution in [0.25, 0.3) is 0 Å². The molecular weight excluding hydrogens is 264 g/mol. The van der Waals surface area contributed by atoms with Crippen LogP contribution >= 0.6 is 0 Å². The second kappa shape index (κ2) is 5.78. The Hall–Kier alpha value is -1.39. The van der Waals surface area contributed by atoms with Crippen LogP contribution in [-0.2, 0) is 13.1 Å². The fourth-order valence-electron chi connectivity index (χ4n) is 3.71. The van der Waals surface area contributed by atoms with Crippen LogP contribution in [0.2, 0.25) is 0 Å². The average Bonchev–Trinajstić information content (AvgIpc) is 2.94. The second-order valence-electron chi connectivity index (χ2n) is 6.68. The predicted octanol–water partition coefficient (Wildman–Crippen LogP) is 1.96. The number of nitrogens with one attached hydrogen (secondary N) is 2. The summed E-state index contributed by atoms with van der Waals surface area (Å²) >= 11 is 0. The highest BCUT2D eigenvalue weighted by atomic mass is 16.3. The smallest absolute Gasteiger partial charge is 0.251 e. The maximum atomic E-state index is 12.5. The van der Waals surface area contributed by atoms with Gasteiger partial charge in [0, 0.05) is 18.7 Å². The normalized spacial score (nSPS) is 28.2. The zero-order valence-corrected chi connectivity index (χ0v) is 12.6. The molecule has 1 aromatic rings. The first-order valence-corrected chi connectivity index (χ1v) is 7.88. The minimum atomic E-state index is -0.438. The largest absolute Gasteiger partial charge is 0.394 e. The molecule has 2 unspecified atom stereocenters. The number of amides is 1. The van der Waals surface area contributed by atoms with Crippen molar-refractivity contribution in [1.82, 2.24) is 10.6 Å². The SMILES string of the molecule is CC1CCCC(CO)(NC(=O)c2ccc3c(c2)CNC3)C1. The Morgan fingerprint density at radius 2 is 2.24 bits per heavy atom. The summed E-state index contributed by atoms with van der Waals surface area (Å²) in [5.74, 6) is 0.489. The molecule has 1 fully saturated rings. The van der Waals surface area contributed by atoms with Crippen molar-refractivity contribution >= 4 is 5.91 Å². The molecule has 1 heterocycles. The van der Waals surface area contributed by atoms with Crippen LogP contribution < -0.4 is 10.6 Å². The van der Waals surface area contributed by atoms with Gasteiger partial charge in [-0.05, 0) is 42.0 Å². The van der Waals surface area contributed by atoms with Crippen molar-refractivity contribution in [2.75, 3.05) is 6.61 Å². The molecule has 1 aliphatic carbocycles. The third-order valence-corrected chi connectivity index (χ3v) is 4.87. The van der Waals surface area contributed by atoms with Crippen LogP contribution in [0, 0.1) is 5.92 Å². The van der Waals surface area contributed by atoms with E-state index in [4.69, 9.17) is 0 Å². The van der Waals surface area contributed by atoms with Crippen LogP contribution in [-0.4, -0.2) is 23.2 Å². The predicted molar refractivity (Wildman–Crippen MR) is 81.9 cm³/mol. The second-order valence-corrected chi connectivity index (χ2v) is 6.68. The van der Waals surface area contributed by atoms with Crippen molar-refractivity contribution in [3.8, 4) is 0 Å². The maximum absolute atomic E-state index is 12.5. The minimum absolute atomic E-state index is 0.0234. The van der Waals surface area contributed by atoms with Gasteiger partial charge in [-0.15, -0.1) is 0 Å². The van der Waals surface area contributed by atoms with E-state index >= 15 is 0 Å². The summed E-state index contributed by atoms with van der Waals surface area (Å²) in [6.45, 7) is 3.93. The lowest BCUT2D eigenvalue weighted by Crippen LogP contribution is -2.53. The monoisotopic (exact) mass is 288 g/mol. The first kappa shape index (κ1) is 14.5. The van der Waals surface area contributed by atoms with E-state index in [-0.39, 0.29) is 12.5 Å². The number of benzene rings is 1. The number of rotatable bonds is 3. The van der Waals surface area contributed by atoms with Gasteiger partial charge in [0.2, 0.25) is 0 Å². The van der Waals surface area contributed by atoms with Gasteiger partial charge in [-0.3, -0.25) is 4.79 Å². The van der Waals surface area contributed by atoms with Gasteiger partial charge in [-0.1, -0.05) is 25.8 Å². The van der Waals surface area contributed by atoms with Crippen molar-refractivity contribution in [3.05, 3.63) is 34.9 Å². The van der Waals surface area contributed by atoms with Crippen molar-refractivity contribution in [1.29, 1.82) is 0 Å². The first-order chi connectivity index (χ1) is 10.1. The molecule has 1 amide bonds. The molecule has 0 spiro atoms. The zero-order valence-electron chi connectivity index (χ0n) is 12.6. The van der Waals surface area contributed by atoms with Gasteiger partial charge in [0.1, 0.15) is 0 Å². The lowest BCUT2D eigenvalue weighted by molar-refractivity contribution is 0.0697. The fourth-order valence-corrected chi connectivity index (χ4v) is 3.71. The van der Waals surface area contributed by atoms with Crippen LogP contribution in [0.4, 0.5) is 0 Å². The van der Waals surface area contributed by atoms with Crippen LogP contribution in [0.5, 0.6) is 0 Å². The molecule has 3 rings (SSSR count). The van der Waals surface area contributed by atoms with Crippen LogP contribution in [0.15, 0.2) is 18.2 Å². The Morgan fingerprint density at radius 3 is 3.00 bits per heavy atom. The van der Waals surface area contributed by atoms with Gasteiger partial charge in [-0.25, -0.2) is 0 Å². The molecule has 21 heavy (non-hydrogen) atoms. The third-order valence-electron chi connectivity index (χ3n) is 4.87. The molecule has 114 valence electrons. The van der Waals surface area contributed by atoms with E-state index in [1.165, 1.54) is 17.5 Å². The molecule has 0 bridgehead atoms. The van der Waals surface area contributed by atoms with E-state index in [2.05, 4.69) is 17.6 Å². The van der Waals surface area contributed by atoms with Crippen molar-refractivity contribution < 1.29 is 9.90 Å². The topological polar surface area (TPSA) is 61.4 Å². The Kier molecular flexibility index (Phi) is 4.00. The highest BCUT2D eigenvalue weighted by Crippen LogP contribution is 2.32. The van der Waals surface area contributed by atoms with Crippen molar-refractivity contribution in [2.24, 2.45) is 5.92 Å². The molecule has 0 radical (unpaired) electrons.